The summed E-state index contributed by atoms with van der Waals surface area (Å²) >= 11 is 1.56. The third kappa shape index (κ3) is 9.83. The molecule has 0 bridgehead atoms. The summed E-state index contributed by atoms with van der Waals surface area (Å²) in [6.45, 7) is 1.53. The number of aliphatic hydroxyl groups is 1. The summed E-state index contributed by atoms with van der Waals surface area (Å²) in [4.78, 5) is 11.1. The molecule has 4 nitrogen and oxygen atoms in total. The van der Waals surface area contributed by atoms with Crippen LogP contribution in [0.5, 0.6) is 0 Å². The van der Waals surface area contributed by atoms with Crippen molar-refractivity contribution in [1.82, 2.24) is 5.32 Å². The predicted octanol–water partition coefficient (Wildman–Crippen LogP) is 0.255. The number of thioether (sulfide) groups is 1. The van der Waals surface area contributed by atoms with E-state index < -0.39 is 0 Å². The molecular formula is C9H19NO3S. The second-order valence-corrected chi connectivity index (χ2v) is 3.93. The lowest BCUT2D eigenvalue weighted by Crippen LogP contribution is -2.26. The molecule has 0 aromatic carbocycles. The van der Waals surface area contributed by atoms with E-state index in [2.05, 4.69) is 5.32 Å². The van der Waals surface area contributed by atoms with Gasteiger partial charge in [0.25, 0.3) is 0 Å². The lowest BCUT2D eigenvalue weighted by molar-refractivity contribution is -0.118. The van der Waals surface area contributed by atoms with Crippen molar-refractivity contribution in [3.63, 3.8) is 0 Å². The SMILES string of the molecule is COCCSCC(=O)NCCCCO. The van der Waals surface area contributed by atoms with Gasteiger partial charge in [-0.1, -0.05) is 0 Å². The van der Waals surface area contributed by atoms with Gasteiger partial charge in [0.2, 0.25) is 5.91 Å². The fourth-order valence-electron chi connectivity index (χ4n) is 0.823. The van der Waals surface area contributed by atoms with Gasteiger partial charge in [-0.05, 0) is 12.8 Å². The molecule has 14 heavy (non-hydrogen) atoms. The Balaban J connectivity index is 3.11. The number of carbonyl (C=O) groups excluding carboxylic acids is 1. The number of hydrogen-bond acceptors (Lipinski definition) is 4. The van der Waals surface area contributed by atoms with Gasteiger partial charge in [-0.2, -0.15) is 0 Å². The van der Waals surface area contributed by atoms with Gasteiger partial charge in [-0.3, -0.25) is 4.79 Å². The summed E-state index contributed by atoms with van der Waals surface area (Å²) in [6.07, 6.45) is 1.59. The van der Waals surface area contributed by atoms with Gasteiger partial charge >= 0.3 is 0 Å². The van der Waals surface area contributed by atoms with Crippen molar-refractivity contribution in [2.45, 2.75) is 12.8 Å². The zero-order valence-corrected chi connectivity index (χ0v) is 9.44. The first-order valence-electron chi connectivity index (χ1n) is 4.75. The number of aliphatic hydroxyl groups excluding tert-OH is 1. The summed E-state index contributed by atoms with van der Waals surface area (Å²) in [5, 5.41) is 11.3. The first kappa shape index (κ1) is 13.7. The minimum atomic E-state index is 0.0593. The van der Waals surface area contributed by atoms with Crippen LogP contribution in [-0.2, 0) is 9.53 Å². The minimum absolute atomic E-state index is 0.0593. The molecule has 0 aliphatic carbocycles. The number of nitrogens with one attached hydrogen (secondary N) is 1. The molecule has 0 fully saturated rings. The zero-order valence-electron chi connectivity index (χ0n) is 8.62. The number of carbonyl (C=O) groups is 1. The number of amides is 1. The quantitative estimate of drug-likeness (QED) is 0.548. The van der Waals surface area contributed by atoms with Crippen LogP contribution in [0.3, 0.4) is 0 Å². The molecule has 0 saturated heterocycles. The molecule has 2 N–H and O–H groups in total. The molecule has 1 amide bonds. The van der Waals surface area contributed by atoms with E-state index >= 15 is 0 Å². The molecule has 0 unspecified atom stereocenters. The van der Waals surface area contributed by atoms with Gasteiger partial charge in [-0.15, -0.1) is 11.8 Å². The molecular weight excluding hydrogens is 202 g/mol. The van der Waals surface area contributed by atoms with Gasteiger partial charge in [0, 0.05) is 26.0 Å². The normalized spacial score (nSPS) is 10.1. The van der Waals surface area contributed by atoms with Crippen LogP contribution >= 0.6 is 11.8 Å². The van der Waals surface area contributed by atoms with Gasteiger partial charge in [0.05, 0.1) is 12.4 Å². The van der Waals surface area contributed by atoms with E-state index in [-0.39, 0.29) is 12.5 Å². The summed E-state index contributed by atoms with van der Waals surface area (Å²) < 4.78 is 4.86. The van der Waals surface area contributed by atoms with Crippen LogP contribution in [0.1, 0.15) is 12.8 Å². The van der Waals surface area contributed by atoms with Crippen molar-refractivity contribution in [1.29, 1.82) is 0 Å². The number of rotatable bonds is 9. The fourth-order valence-corrected chi connectivity index (χ4v) is 1.54. The highest BCUT2D eigenvalue weighted by Crippen LogP contribution is 1.98. The average Bonchev–Trinajstić information content (AvgIpc) is 2.19. The fraction of sp³-hybridized carbons (Fsp3) is 0.889. The van der Waals surface area contributed by atoms with Crippen LogP contribution in [0, 0.1) is 0 Å². The first-order chi connectivity index (χ1) is 6.81. The summed E-state index contributed by atoms with van der Waals surface area (Å²) in [7, 11) is 1.65. The van der Waals surface area contributed by atoms with Crippen molar-refractivity contribution in [3.05, 3.63) is 0 Å². The molecule has 84 valence electrons. The Hall–Kier alpha value is -0.260. The average molecular weight is 221 g/mol. The zero-order chi connectivity index (χ0) is 10.6. The molecule has 0 saturated carbocycles. The topological polar surface area (TPSA) is 58.6 Å². The third-order valence-electron chi connectivity index (χ3n) is 1.57. The Kier molecular flexibility index (Phi) is 10.6. The standard InChI is InChI=1S/C9H19NO3S/c1-13-6-7-14-8-9(12)10-4-2-3-5-11/h11H,2-8H2,1H3,(H,10,12). The summed E-state index contributed by atoms with van der Waals surface area (Å²) in [5.41, 5.74) is 0. The minimum Gasteiger partial charge on any atom is -0.396 e. The van der Waals surface area contributed by atoms with Crippen LogP contribution in [-0.4, -0.2) is 49.4 Å². The number of unbranched alkanes of at least 4 members (excludes halogenated alkanes) is 1. The molecule has 0 heterocycles. The lowest BCUT2D eigenvalue weighted by atomic mass is 10.3. The van der Waals surface area contributed by atoms with Crippen molar-refractivity contribution in [2.24, 2.45) is 0 Å². The van der Waals surface area contributed by atoms with Crippen LogP contribution in [0.4, 0.5) is 0 Å². The molecule has 0 spiro atoms. The van der Waals surface area contributed by atoms with Crippen LogP contribution in [0.2, 0.25) is 0 Å². The molecule has 5 heteroatoms. The van der Waals surface area contributed by atoms with E-state index in [4.69, 9.17) is 9.84 Å². The van der Waals surface area contributed by atoms with Crippen molar-refractivity contribution >= 4 is 17.7 Å². The number of methoxy groups -OCH3 is 1. The number of ether oxygens (including phenoxy) is 1. The molecule has 0 atom stereocenters. The van der Waals surface area contributed by atoms with Crippen LogP contribution in [0.25, 0.3) is 0 Å². The maximum Gasteiger partial charge on any atom is 0.229 e. The van der Waals surface area contributed by atoms with E-state index in [1.807, 2.05) is 0 Å². The third-order valence-corrected chi connectivity index (χ3v) is 2.49. The van der Waals surface area contributed by atoms with Crippen LogP contribution in [0.15, 0.2) is 0 Å². The maximum absolute atomic E-state index is 11.1. The van der Waals surface area contributed by atoms with Gasteiger partial charge in [-0.25, -0.2) is 0 Å². The lowest BCUT2D eigenvalue weighted by Gasteiger charge is -2.03. The Morgan fingerprint density at radius 2 is 2.29 bits per heavy atom. The first-order valence-corrected chi connectivity index (χ1v) is 5.91. The summed E-state index contributed by atoms with van der Waals surface area (Å²) in [6, 6.07) is 0. The van der Waals surface area contributed by atoms with Gasteiger partial charge in [0.1, 0.15) is 0 Å². The Bertz CT molecular complexity index is 130. The van der Waals surface area contributed by atoms with E-state index in [0.29, 0.717) is 18.9 Å². The van der Waals surface area contributed by atoms with Crippen molar-refractivity contribution < 1.29 is 14.6 Å². The monoisotopic (exact) mass is 221 g/mol. The maximum atomic E-state index is 11.1. The Labute approximate surface area is 89.4 Å². The van der Waals surface area contributed by atoms with Gasteiger partial charge in [0.15, 0.2) is 0 Å². The second-order valence-electron chi connectivity index (χ2n) is 2.83. The molecule has 0 rings (SSSR count). The Morgan fingerprint density at radius 1 is 1.50 bits per heavy atom. The molecule has 0 aromatic heterocycles. The molecule has 0 aromatic rings. The molecule has 0 radical (unpaired) electrons. The van der Waals surface area contributed by atoms with E-state index in [0.717, 1.165) is 18.6 Å². The van der Waals surface area contributed by atoms with E-state index in [1.54, 1.807) is 18.9 Å². The smallest absolute Gasteiger partial charge is 0.229 e. The largest absolute Gasteiger partial charge is 0.396 e. The predicted molar refractivity (Wildman–Crippen MR) is 58.5 cm³/mol. The van der Waals surface area contributed by atoms with Gasteiger partial charge < -0.3 is 15.2 Å². The molecule has 0 aliphatic rings. The van der Waals surface area contributed by atoms with E-state index in [1.165, 1.54) is 0 Å². The van der Waals surface area contributed by atoms with E-state index in [9.17, 15) is 4.79 Å². The van der Waals surface area contributed by atoms with Crippen molar-refractivity contribution in [2.75, 3.05) is 38.4 Å². The highest BCUT2D eigenvalue weighted by Gasteiger charge is 1.99. The highest BCUT2D eigenvalue weighted by molar-refractivity contribution is 7.99. The van der Waals surface area contributed by atoms with Crippen LogP contribution < -0.4 is 5.32 Å². The Morgan fingerprint density at radius 3 is 2.93 bits per heavy atom. The number of hydrogen-bond donors (Lipinski definition) is 2. The van der Waals surface area contributed by atoms with Crippen molar-refractivity contribution in [3.8, 4) is 0 Å². The second kappa shape index (κ2) is 10.8. The highest BCUT2D eigenvalue weighted by atomic mass is 32.2. The molecule has 0 aliphatic heterocycles. The summed E-state index contributed by atoms with van der Waals surface area (Å²) in [5.74, 6) is 1.40.